The van der Waals surface area contributed by atoms with E-state index < -0.39 is 17.7 Å². The van der Waals surface area contributed by atoms with Gasteiger partial charge in [-0.15, -0.1) is 0 Å². The van der Waals surface area contributed by atoms with Crippen molar-refractivity contribution in [1.82, 2.24) is 0 Å². The van der Waals surface area contributed by atoms with Gasteiger partial charge in [-0.1, -0.05) is 18.2 Å². The topological polar surface area (TPSA) is 94.5 Å². The Labute approximate surface area is 221 Å². The molecule has 1 saturated heterocycles. The second-order valence-corrected chi connectivity index (χ2v) is 9.19. The van der Waals surface area contributed by atoms with Crippen LogP contribution in [0.2, 0.25) is 0 Å². The Balaban J connectivity index is 1.65. The van der Waals surface area contributed by atoms with Crippen LogP contribution in [0.1, 0.15) is 37.9 Å². The minimum Gasteiger partial charge on any atom is -0.507 e. The van der Waals surface area contributed by atoms with Gasteiger partial charge >= 0.3 is 0 Å². The number of aliphatic hydroxyl groups excluding tert-OH is 1. The van der Waals surface area contributed by atoms with E-state index in [1.165, 1.54) is 4.90 Å². The van der Waals surface area contributed by atoms with Crippen LogP contribution in [0, 0.1) is 0 Å². The third kappa shape index (κ3) is 4.77. The molecule has 0 aromatic heterocycles. The zero-order valence-corrected chi connectivity index (χ0v) is 21.5. The molecule has 1 unspecified atom stereocenters. The van der Waals surface area contributed by atoms with Gasteiger partial charge in [0.25, 0.3) is 11.7 Å². The summed E-state index contributed by atoms with van der Waals surface area (Å²) in [5.74, 6) is 0.418. The predicted octanol–water partition coefficient (Wildman–Crippen LogP) is 5.27. The average Bonchev–Trinajstić information content (AvgIpc) is 3.18. The van der Waals surface area contributed by atoms with E-state index in [0.717, 1.165) is 0 Å². The maximum atomic E-state index is 13.5. The van der Waals surface area contributed by atoms with E-state index in [0.29, 0.717) is 59.6 Å². The normalized spacial score (nSPS) is 18.1. The number of carbonyl (C=O) groups excluding carboxylic acids is 2. The van der Waals surface area contributed by atoms with Gasteiger partial charge in [0.1, 0.15) is 30.5 Å². The van der Waals surface area contributed by atoms with Gasteiger partial charge in [-0.3, -0.25) is 14.5 Å². The molecule has 8 nitrogen and oxygen atoms in total. The molecule has 0 bridgehead atoms. The van der Waals surface area contributed by atoms with E-state index >= 15 is 0 Å². The maximum Gasteiger partial charge on any atom is 0.300 e. The molecule has 0 aliphatic carbocycles. The molecule has 1 amide bonds. The molecule has 8 heteroatoms. The lowest BCUT2D eigenvalue weighted by Gasteiger charge is -2.26. The number of ketones is 1. The van der Waals surface area contributed by atoms with Crippen molar-refractivity contribution >= 4 is 23.1 Å². The summed E-state index contributed by atoms with van der Waals surface area (Å²) in [6.45, 7) is 6.99. The van der Waals surface area contributed by atoms with Gasteiger partial charge in [0.05, 0.1) is 24.3 Å². The second kappa shape index (κ2) is 10.5. The number of amides is 1. The molecule has 3 aromatic rings. The van der Waals surface area contributed by atoms with Gasteiger partial charge in [-0.25, -0.2) is 0 Å². The maximum absolute atomic E-state index is 13.5. The van der Waals surface area contributed by atoms with Crippen molar-refractivity contribution in [3.63, 3.8) is 0 Å². The number of Topliss-reactive ketones (excluding diaryl/α,β-unsaturated/α-hetero) is 1. The molecule has 1 fully saturated rings. The number of aliphatic hydroxyl groups is 1. The van der Waals surface area contributed by atoms with Crippen LogP contribution in [0.3, 0.4) is 0 Å². The van der Waals surface area contributed by atoms with Crippen molar-refractivity contribution in [2.45, 2.75) is 32.9 Å². The zero-order chi connectivity index (χ0) is 26.8. The number of carbonyl (C=O) groups is 2. The van der Waals surface area contributed by atoms with Crippen LogP contribution in [0.5, 0.6) is 23.0 Å². The molecule has 5 rings (SSSR count). The molecule has 2 aliphatic heterocycles. The molecule has 196 valence electrons. The van der Waals surface area contributed by atoms with E-state index in [4.69, 9.17) is 18.9 Å². The predicted molar refractivity (Wildman–Crippen MR) is 142 cm³/mol. The fourth-order valence-corrected chi connectivity index (χ4v) is 4.65. The third-order valence-electron chi connectivity index (χ3n) is 6.23. The Kier molecular flexibility index (Phi) is 6.96. The number of rotatable bonds is 7. The molecule has 2 aliphatic rings. The first-order valence-electron chi connectivity index (χ1n) is 12.6. The Hall–Kier alpha value is -4.46. The van der Waals surface area contributed by atoms with Crippen molar-refractivity contribution in [2.75, 3.05) is 24.7 Å². The highest BCUT2D eigenvalue weighted by atomic mass is 16.6. The Morgan fingerprint density at radius 3 is 2.42 bits per heavy atom. The fourth-order valence-electron chi connectivity index (χ4n) is 4.65. The number of hydrogen-bond donors (Lipinski definition) is 1. The molecular weight excluding hydrogens is 486 g/mol. The van der Waals surface area contributed by atoms with Gasteiger partial charge in [-0.2, -0.15) is 0 Å². The number of hydrogen-bond acceptors (Lipinski definition) is 7. The summed E-state index contributed by atoms with van der Waals surface area (Å²) >= 11 is 0. The summed E-state index contributed by atoms with van der Waals surface area (Å²) < 4.78 is 22.6. The first-order valence-corrected chi connectivity index (χ1v) is 12.6. The van der Waals surface area contributed by atoms with Crippen molar-refractivity contribution in [2.24, 2.45) is 0 Å². The van der Waals surface area contributed by atoms with E-state index in [9.17, 15) is 14.7 Å². The second-order valence-electron chi connectivity index (χ2n) is 9.19. The van der Waals surface area contributed by atoms with Crippen molar-refractivity contribution < 1.29 is 33.6 Å². The number of ether oxygens (including phenoxy) is 4. The summed E-state index contributed by atoms with van der Waals surface area (Å²) in [5.41, 5.74) is 1.44. The summed E-state index contributed by atoms with van der Waals surface area (Å²) in [7, 11) is 0. The van der Waals surface area contributed by atoms with Gasteiger partial charge in [-0.05, 0) is 68.8 Å². The molecule has 0 saturated carbocycles. The SMILES string of the molecule is CCOc1cccc(N2C(=O)C(=O)/C(=C(\O)c3ccc4c(c3)OCCO4)C2c2ccc(OC(C)C)cc2)c1. The molecule has 1 N–H and O–H groups in total. The monoisotopic (exact) mass is 515 g/mol. The smallest absolute Gasteiger partial charge is 0.300 e. The van der Waals surface area contributed by atoms with Crippen molar-refractivity contribution in [3.8, 4) is 23.0 Å². The molecule has 3 aromatic carbocycles. The number of benzene rings is 3. The van der Waals surface area contributed by atoms with E-state index in [1.807, 2.05) is 20.8 Å². The lowest BCUT2D eigenvalue weighted by Crippen LogP contribution is -2.29. The molecule has 38 heavy (non-hydrogen) atoms. The zero-order valence-electron chi connectivity index (χ0n) is 21.5. The van der Waals surface area contributed by atoms with Crippen LogP contribution in [-0.2, 0) is 9.59 Å². The Morgan fingerprint density at radius 1 is 0.974 bits per heavy atom. The van der Waals surface area contributed by atoms with Crippen molar-refractivity contribution in [3.05, 3.63) is 83.4 Å². The molecule has 0 spiro atoms. The number of anilines is 1. The summed E-state index contributed by atoms with van der Waals surface area (Å²) in [5, 5.41) is 11.5. The van der Waals surface area contributed by atoms with Crippen LogP contribution in [0.25, 0.3) is 5.76 Å². The Morgan fingerprint density at radius 2 is 1.71 bits per heavy atom. The summed E-state index contributed by atoms with van der Waals surface area (Å²) in [4.78, 5) is 28.3. The lowest BCUT2D eigenvalue weighted by atomic mass is 9.95. The van der Waals surface area contributed by atoms with Crippen molar-refractivity contribution in [1.29, 1.82) is 0 Å². The largest absolute Gasteiger partial charge is 0.507 e. The lowest BCUT2D eigenvalue weighted by molar-refractivity contribution is -0.132. The number of fused-ring (bicyclic) bond motifs is 1. The highest BCUT2D eigenvalue weighted by Crippen LogP contribution is 2.44. The quantitative estimate of drug-likeness (QED) is 0.260. The minimum absolute atomic E-state index is 0.0111. The summed E-state index contributed by atoms with van der Waals surface area (Å²) in [6, 6.07) is 18.2. The van der Waals surface area contributed by atoms with Gasteiger partial charge in [0.15, 0.2) is 11.5 Å². The first-order chi connectivity index (χ1) is 18.4. The Bertz CT molecular complexity index is 1390. The average molecular weight is 516 g/mol. The highest BCUT2D eigenvalue weighted by Gasteiger charge is 2.47. The van der Waals surface area contributed by atoms with Gasteiger partial charge in [0.2, 0.25) is 0 Å². The highest BCUT2D eigenvalue weighted by molar-refractivity contribution is 6.51. The molecule has 2 heterocycles. The number of nitrogens with zero attached hydrogens (tertiary/aromatic N) is 1. The standard InChI is InChI=1S/C30H29NO7/c1-4-35-23-7-5-6-21(17-23)31-27(19-8-11-22(12-9-19)38-18(2)3)26(29(33)30(31)34)28(32)20-10-13-24-25(16-20)37-15-14-36-24/h5-13,16-18,27,32H,4,14-15H2,1-3H3/b28-26-. The third-order valence-corrected chi connectivity index (χ3v) is 6.23. The van der Waals surface area contributed by atoms with Crippen LogP contribution >= 0.6 is 0 Å². The molecule has 0 radical (unpaired) electrons. The van der Waals surface area contributed by atoms with E-state index in [2.05, 4.69) is 0 Å². The van der Waals surface area contributed by atoms with Gasteiger partial charge < -0.3 is 24.1 Å². The fraction of sp³-hybridized carbons (Fsp3) is 0.267. The molecular formula is C30H29NO7. The minimum atomic E-state index is -0.881. The van der Waals surface area contributed by atoms with Crippen LogP contribution in [-0.4, -0.2) is 42.7 Å². The first kappa shape index (κ1) is 25.2. The van der Waals surface area contributed by atoms with Crippen LogP contribution in [0.4, 0.5) is 5.69 Å². The van der Waals surface area contributed by atoms with E-state index in [-0.39, 0.29) is 17.4 Å². The molecule has 1 atom stereocenters. The van der Waals surface area contributed by atoms with Crippen LogP contribution in [0.15, 0.2) is 72.3 Å². The summed E-state index contributed by atoms with van der Waals surface area (Å²) in [6.07, 6.45) is -0.0111. The van der Waals surface area contributed by atoms with Gasteiger partial charge in [0, 0.05) is 17.3 Å². The van der Waals surface area contributed by atoms with Crippen LogP contribution < -0.4 is 23.8 Å². The van der Waals surface area contributed by atoms with E-state index in [1.54, 1.807) is 66.7 Å².